The molecule has 0 aliphatic heterocycles. The van der Waals surface area contributed by atoms with Crippen LogP contribution in [-0.4, -0.2) is 35.5 Å². The number of ether oxygens (including phenoxy) is 1. The van der Waals surface area contributed by atoms with Gasteiger partial charge in [0.25, 0.3) is 0 Å². The van der Waals surface area contributed by atoms with Crippen LogP contribution in [0.2, 0.25) is 0 Å². The molecule has 0 amide bonds. The van der Waals surface area contributed by atoms with Gasteiger partial charge < -0.3 is 14.9 Å². The molecule has 4 aliphatic rings. The summed E-state index contributed by atoms with van der Waals surface area (Å²) in [5.74, 6) is 2.39. The van der Waals surface area contributed by atoms with E-state index in [1.54, 1.807) is 0 Å². The van der Waals surface area contributed by atoms with Crippen molar-refractivity contribution in [3.63, 3.8) is 0 Å². The Kier molecular flexibility index (Phi) is 6.31. The first-order chi connectivity index (χ1) is 14.5. The van der Waals surface area contributed by atoms with Crippen molar-refractivity contribution in [1.29, 1.82) is 0 Å². The van der Waals surface area contributed by atoms with E-state index in [2.05, 4.69) is 27.7 Å². The molecule has 0 radical (unpaired) electrons. The largest absolute Gasteiger partial charge is 0.469 e. The highest BCUT2D eigenvalue weighted by Gasteiger charge is 2.61. The van der Waals surface area contributed by atoms with Crippen LogP contribution in [0.1, 0.15) is 98.3 Å². The number of carbonyl (C=O) groups is 1. The SMILES string of the molecule is COC(=O)CCC(C)(C)C1CCC2C3C(O)CCC4CC(C)(CCC4O)C3CCC21C. The second-order valence-electron chi connectivity index (χ2n) is 12.9. The van der Waals surface area contributed by atoms with Gasteiger partial charge in [0.15, 0.2) is 0 Å². The van der Waals surface area contributed by atoms with Crippen molar-refractivity contribution in [2.75, 3.05) is 7.11 Å². The highest BCUT2D eigenvalue weighted by atomic mass is 16.5. The third kappa shape index (κ3) is 3.98. The first-order valence-corrected chi connectivity index (χ1v) is 12.9. The Morgan fingerprint density at radius 2 is 1.71 bits per heavy atom. The Bertz CT molecular complexity index is 674. The van der Waals surface area contributed by atoms with Crippen molar-refractivity contribution in [3.05, 3.63) is 0 Å². The van der Waals surface area contributed by atoms with Crippen molar-refractivity contribution in [2.45, 2.75) is 111 Å². The van der Waals surface area contributed by atoms with Gasteiger partial charge in [0, 0.05) is 6.42 Å². The standard InChI is InChI=1S/C27H46O4/c1-25(2,13-12-23(30)31-5)22-9-7-19-24-18(10-15-27(19,22)4)26(3)14-11-20(28)17(16-26)6-8-21(24)29/h17-22,24,28-29H,6-16H2,1-5H3. The summed E-state index contributed by atoms with van der Waals surface area (Å²) in [6.07, 6.45) is 10.8. The van der Waals surface area contributed by atoms with Gasteiger partial charge in [0.05, 0.1) is 19.3 Å². The maximum absolute atomic E-state index is 11.8. The number of fused-ring (bicyclic) bond motifs is 6. The van der Waals surface area contributed by atoms with Crippen LogP contribution in [0.25, 0.3) is 0 Å². The summed E-state index contributed by atoms with van der Waals surface area (Å²) in [6.45, 7) is 9.68. The topological polar surface area (TPSA) is 66.8 Å². The normalized spacial score (nSPS) is 47.6. The van der Waals surface area contributed by atoms with Crippen LogP contribution >= 0.6 is 0 Å². The highest BCUT2D eigenvalue weighted by molar-refractivity contribution is 5.69. The molecule has 0 aromatic carbocycles. The lowest BCUT2D eigenvalue weighted by atomic mass is 9.46. The molecule has 9 unspecified atom stereocenters. The van der Waals surface area contributed by atoms with Crippen molar-refractivity contribution >= 4 is 5.97 Å². The second kappa shape index (κ2) is 8.31. The molecule has 4 fully saturated rings. The lowest BCUT2D eigenvalue weighted by molar-refractivity contribution is -0.145. The summed E-state index contributed by atoms with van der Waals surface area (Å²) in [5.41, 5.74) is 0.599. The molecule has 4 aliphatic carbocycles. The molecule has 0 spiro atoms. The quantitative estimate of drug-likeness (QED) is 0.586. The lowest BCUT2D eigenvalue weighted by Gasteiger charge is -2.59. The van der Waals surface area contributed by atoms with Gasteiger partial charge in [-0.25, -0.2) is 0 Å². The van der Waals surface area contributed by atoms with Crippen molar-refractivity contribution in [3.8, 4) is 0 Å². The smallest absolute Gasteiger partial charge is 0.305 e. The van der Waals surface area contributed by atoms with Gasteiger partial charge >= 0.3 is 5.97 Å². The van der Waals surface area contributed by atoms with Gasteiger partial charge in [0.1, 0.15) is 0 Å². The third-order valence-corrected chi connectivity index (χ3v) is 10.9. The van der Waals surface area contributed by atoms with E-state index in [4.69, 9.17) is 4.74 Å². The fraction of sp³-hybridized carbons (Fsp3) is 0.963. The summed E-state index contributed by atoms with van der Waals surface area (Å²) in [5, 5.41) is 22.0. The van der Waals surface area contributed by atoms with Crippen LogP contribution in [0.3, 0.4) is 0 Å². The van der Waals surface area contributed by atoms with Crippen molar-refractivity contribution < 1.29 is 19.7 Å². The van der Waals surface area contributed by atoms with Crippen LogP contribution in [0.5, 0.6) is 0 Å². The molecule has 0 heterocycles. The Labute approximate surface area is 189 Å². The average Bonchev–Trinajstić information content (AvgIpc) is 3.09. The minimum Gasteiger partial charge on any atom is -0.469 e. The number of esters is 1. The molecular formula is C27H46O4. The summed E-state index contributed by atoms with van der Waals surface area (Å²) < 4.78 is 4.92. The van der Waals surface area contributed by atoms with Crippen molar-refractivity contribution in [2.24, 2.45) is 45.8 Å². The number of rotatable bonds is 4. The highest BCUT2D eigenvalue weighted by Crippen LogP contribution is 2.68. The Morgan fingerprint density at radius 3 is 2.42 bits per heavy atom. The van der Waals surface area contributed by atoms with E-state index < -0.39 is 0 Å². The fourth-order valence-corrected chi connectivity index (χ4v) is 9.29. The number of carbonyl (C=O) groups excluding carboxylic acids is 1. The molecule has 2 bridgehead atoms. The monoisotopic (exact) mass is 434 g/mol. The maximum atomic E-state index is 11.8. The predicted octanol–water partition coefficient (Wildman–Crippen LogP) is 5.35. The Balaban J connectivity index is 1.59. The maximum Gasteiger partial charge on any atom is 0.305 e. The number of hydrogen-bond acceptors (Lipinski definition) is 4. The second-order valence-corrected chi connectivity index (χ2v) is 12.9. The molecule has 2 N–H and O–H groups in total. The van der Waals surface area contributed by atoms with Crippen LogP contribution < -0.4 is 0 Å². The number of aliphatic hydroxyl groups is 2. The summed E-state index contributed by atoms with van der Waals surface area (Å²) in [7, 11) is 1.48. The molecule has 0 saturated heterocycles. The van der Waals surface area contributed by atoms with Crippen LogP contribution in [0.4, 0.5) is 0 Å². The van der Waals surface area contributed by atoms with Crippen molar-refractivity contribution in [1.82, 2.24) is 0 Å². The summed E-state index contributed by atoms with van der Waals surface area (Å²) >= 11 is 0. The van der Waals surface area contributed by atoms with E-state index in [-0.39, 0.29) is 34.4 Å². The number of hydrogen-bond donors (Lipinski definition) is 2. The van der Waals surface area contributed by atoms with Gasteiger partial charge in [0.2, 0.25) is 0 Å². The fourth-order valence-electron chi connectivity index (χ4n) is 9.29. The summed E-state index contributed by atoms with van der Waals surface area (Å²) in [6, 6.07) is 0. The third-order valence-electron chi connectivity index (χ3n) is 10.9. The molecule has 4 heteroatoms. The van der Waals surface area contributed by atoms with Gasteiger partial charge in [-0.05, 0) is 110 Å². The van der Waals surface area contributed by atoms with E-state index in [9.17, 15) is 15.0 Å². The van der Waals surface area contributed by atoms with E-state index in [1.807, 2.05) is 0 Å². The van der Waals surface area contributed by atoms with E-state index in [0.717, 1.165) is 38.5 Å². The molecule has 178 valence electrons. The molecule has 4 nitrogen and oxygen atoms in total. The Hall–Kier alpha value is -0.610. The Morgan fingerprint density at radius 1 is 0.968 bits per heavy atom. The summed E-state index contributed by atoms with van der Waals surface area (Å²) in [4.78, 5) is 11.8. The lowest BCUT2D eigenvalue weighted by Crippen LogP contribution is -2.55. The molecule has 9 atom stereocenters. The van der Waals surface area contributed by atoms with Crippen LogP contribution in [-0.2, 0) is 9.53 Å². The molecule has 4 rings (SSSR count). The van der Waals surface area contributed by atoms with E-state index in [0.29, 0.717) is 36.0 Å². The minimum atomic E-state index is -0.237. The molecule has 4 saturated carbocycles. The first-order valence-electron chi connectivity index (χ1n) is 12.9. The van der Waals surface area contributed by atoms with E-state index in [1.165, 1.54) is 32.8 Å². The molecule has 31 heavy (non-hydrogen) atoms. The molecule has 0 aromatic rings. The van der Waals surface area contributed by atoms with Gasteiger partial charge in [-0.2, -0.15) is 0 Å². The predicted molar refractivity (Wildman–Crippen MR) is 122 cm³/mol. The number of aliphatic hydroxyl groups excluding tert-OH is 2. The van der Waals surface area contributed by atoms with Crippen LogP contribution in [0, 0.1) is 45.8 Å². The van der Waals surface area contributed by atoms with Crippen LogP contribution in [0.15, 0.2) is 0 Å². The zero-order chi connectivity index (χ0) is 22.6. The first kappa shape index (κ1) is 23.5. The van der Waals surface area contributed by atoms with E-state index >= 15 is 0 Å². The van der Waals surface area contributed by atoms with Gasteiger partial charge in [-0.3, -0.25) is 4.79 Å². The molecule has 0 aromatic heterocycles. The van der Waals surface area contributed by atoms with Gasteiger partial charge in [-0.15, -0.1) is 0 Å². The van der Waals surface area contributed by atoms with Gasteiger partial charge in [-0.1, -0.05) is 27.7 Å². The zero-order valence-corrected chi connectivity index (χ0v) is 20.5. The minimum absolute atomic E-state index is 0.0983. The zero-order valence-electron chi connectivity index (χ0n) is 20.5. The number of methoxy groups -OCH3 is 1. The molecular weight excluding hydrogens is 388 g/mol. The average molecular weight is 435 g/mol.